The van der Waals surface area contributed by atoms with Crippen molar-refractivity contribution in [1.82, 2.24) is 4.90 Å². The van der Waals surface area contributed by atoms with Crippen molar-refractivity contribution in [3.8, 4) is 0 Å². The molecular weight excluding hydrogens is 349 g/mol. The van der Waals surface area contributed by atoms with Crippen molar-refractivity contribution in [3.63, 3.8) is 0 Å². The molecule has 2 aliphatic heterocycles. The largest absolute Gasteiger partial charge is 0.543 e. The fourth-order valence-electron chi connectivity index (χ4n) is 2.45. The highest BCUT2D eigenvalue weighted by Gasteiger charge is 2.50. The van der Waals surface area contributed by atoms with Crippen LogP contribution in [0.15, 0.2) is 41.9 Å². The molecule has 2 unspecified atom stereocenters. The van der Waals surface area contributed by atoms with Gasteiger partial charge in [0.25, 0.3) is 0 Å². The molecule has 6 nitrogen and oxygen atoms in total. The Bertz CT molecular complexity index is 612. The van der Waals surface area contributed by atoms with E-state index in [9.17, 15) is 14.7 Å². The average Bonchev–Trinajstić information content (AvgIpc) is 2.46. The zero-order valence-electron chi connectivity index (χ0n) is 11.4. The van der Waals surface area contributed by atoms with Crippen molar-refractivity contribution in [2.45, 2.75) is 18.0 Å². The Morgan fingerprint density at radius 3 is 2.59 bits per heavy atom. The molecule has 0 radical (unpaired) electrons. The van der Waals surface area contributed by atoms with Crippen LogP contribution < -0.4 is 15.4 Å². The normalized spacial score (nSPS) is 23.0. The maximum atomic E-state index is 11.8. The van der Waals surface area contributed by atoms with Crippen molar-refractivity contribution in [2.75, 3.05) is 5.75 Å². The summed E-state index contributed by atoms with van der Waals surface area (Å²) in [5.74, 6) is -1.13. The maximum absolute atomic E-state index is 11.8. The molecule has 1 saturated heterocycles. The molecule has 1 aromatic heterocycles. The number of nitrogens with two attached hydrogens (primary N) is 1. The predicted molar refractivity (Wildman–Crippen MR) is 84.2 cm³/mol. The predicted octanol–water partition coefficient (Wildman–Crippen LogP) is -0.936. The molecule has 22 heavy (non-hydrogen) atoms. The van der Waals surface area contributed by atoms with Crippen LogP contribution in [0, 0.1) is 0 Å². The van der Waals surface area contributed by atoms with Gasteiger partial charge in [-0.15, -0.1) is 36.6 Å². The molecule has 3 rings (SSSR count). The average molecular weight is 364 g/mol. The van der Waals surface area contributed by atoms with Gasteiger partial charge in [-0.05, 0) is 0 Å². The second-order valence-electron chi connectivity index (χ2n) is 4.72. The van der Waals surface area contributed by atoms with E-state index in [0.717, 1.165) is 0 Å². The van der Waals surface area contributed by atoms with Crippen molar-refractivity contribution < 1.29 is 19.3 Å². The molecule has 3 heterocycles. The third-order valence-electron chi connectivity index (χ3n) is 3.43. The number of fused-ring (bicyclic) bond motifs is 1. The minimum atomic E-state index is -1.32. The molecule has 1 aromatic rings. The highest BCUT2D eigenvalue weighted by Crippen LogP contribution is 2.39. The standard InChI is InChI=1S/C13H13N3O3S.2ClH/c14-9-11(17)16-10(13(18)19)8(7-20-12(9)16)6-15-4-2-1-3-5-15;;/h1-5,9,12H,6-7,14H2;2*1H. The number of aromatic nitrogens is 1. The maximum Gasteiger partial charge on any atom is 0.248 e. The number of nitrogens with zero attached hydrogens (tertiary/aromatic N) is 2. The van der Waals surface area contributed by atoms with Gasteiger partial charge in [-0.25, -0.2) is 4.57 Å². The Kier molecular flexibility index (Phi) is 6.25. The zero-order valence-corrected chi connectivity index (χ0v) is 13.8. The number of thioether (sulfide) groups is 1. The fourth-order valence-corrected chi connectivity index (χ4v) is 3.73. The number of carboxylic acid groups (broad SMARTS) is 1. The van der Waals surface area contributed by atoms with E-state index in [4.69, 9.17) is 5.73 Å². The Balaban J connectivity index is 0.00000121. The summed E-state index contributed by atoms with van der Waals surface area (Å²) < 4.78 is 1.86. The lowest BCUT2D eigenvalue weighted by Gasteiger charge is -2.49. The van der Waals surface area contributed by atoms with Crippen LogP contribution in [0.1, 0.15) is 0 Å². The van der Waals surface area contributed by atoms with Gasteiger partial charge < -0.3 is 15.6 Å². The van der Waals surface area contributed by atoms with Gasteiger partial charge in [0.05, 0.1) is 11.7 Å². The number of carbonyl (C=O) groups excluding carboxylic acids is 2. The quantitative estimate of drug-likeness (QED) is 0.553. The first kappa shape index (κ1) is 18.8. The van der Waals surface area contributed by atoms with Crippen LogP contribution in [0.25, 0.3) is 0 Å². The second-order valence-corrected chi connectivity index (χ2v) is 5.83. The molecule has 0 spiro atoms. The molecule has 120 valence electrons. The van der Waals surface area contributed by atoms with Gasteiger partial charge in [-0.2, -0.15) is 0 Å². The number of halogens is 2. The molecule has 2 atom stereocenters. The van der Waals surface area contributed by atoms with Crippen LogP contribution in [0.2, 0.25) is 0 Å². The van der Waals surface area contributed by atoms with Crippen LogP contribution in [0.5, 0.6) is 0 Å². The summed E-state index contributed by atoms with van der Waals surface area (Å²) in [6.07, 6.45) is 3.70. The lowest BCUT2D eigenvalue weighted by molar-refractivity contribution is -0.689. The minimum absolute atomic E-state index is 0. The van der Waals surface area contributed by atoms with E-state index < -0.39 is 12.0 Å². The van der Waals surface area contributed by atoms with E-state index in [-0.39, 0.29) is 41.8 Å². The number of hydrogen-bond acceptors (Lipinski definition) is 5. The van der Waals surface area contributed by atoms with Crippen LogP contribution in [-0.2, 0) is 16.1 Å². The number of pyridine rings is 1. The van der Waals surface area contributed by atoms with E-state index in [1.807, 2.05) is 35.2 Å². The molecule has 2 N–H and O–H groups in total. The number of aliphatic carboxylic acids is 1. The summed E-state index contributed by atoms with van der Waals surface area (Å²) in [4.78, 5) is 24.4. The van der Waals surface area contributed by atoms with Crippen molar-refractivity contribution >= 4 is 48.5 Å². The van der Waals surface area contributed by atoms with Crippen molar-refractivity contribution in [1.29, 1.82) is 0 Å². The third-order valence-corrected chi connectivity index (χ3v) is 4.79. The first-order chi connectivity index (χ1) is 9.59. The summed E-state index contributed by atoms with van der Waals surface area (Å²) in [6, 6.07) is 5.00. The molecule has 1 amide bonds. The Labute approximate surface area is 144 Å². The Hall–Kier alpha value is -1.28. The number of carboxylic acids is 1. The summed E-state index contributed by atoms with van der Waals surface area (Å²) >= 11 is 1.49. The highest BCUT2D eigenvalue weighted by atomic mass is 35.5. The van der Waals surface area contributed by atoms with Gasteiger partial charge >= 0.3 is 0 Å². The van der Waals surface area contributed by atoms with E-state index in [1.165, 1.54) is 16.7 Å². The summed E-state index contributed by atoms with van der Waals surface area (Å²) in [6.45, 7) is 0.420. The van der Waals surface area contributed by atoms with E-state index in [0.29, 0.717) is 17.9 Å². The van der Waals surface area contributed by atoms with Crippen molar-refractivity contribution in [3.05, 3.63) is 41.9 Å². The van der Waals surface area contributed by atoms with Crippen molar-refractivity contribution in [2.24, 2.45) is 5.73 Å². The van der Waals surface area contributed by atoms with E-state index in [1.54, 1.807) is 0 Å². The summed E-state index contributed by atoms with van der Waals surface area (Å²) in [5.41, 5.74) is 6.34. The lowest BCUT2D eigenvalue weighted by Crippen LogP contribution is -2.69. The first-order valence-corrected chi connectivity index (χ1v) is 7.22. The number of rotatable bonds is 3. The van der Waals surface area contributed by atoms with Crippen LogP contribution >= 0.6 is 36.6 Å². The molecule has 9 heteroatoms. The molecular formula is C13H15Cl2N3O3S. The SMILES string of the molecule is Cl.Cl.NC1C(=O)N2C(C(=O)[O-])=C(C[n+]3ccccc3)CSC12. The molecule has 0 saturated carbocycles. The number of amides is 1. The number of β-lactam (4-membered cyclic amide) rings is 1. The Morgan fingerprint density at radius 1 is 1.36 bits per heavy atom. The van der Waals surface area contributed by atoms with Crippen LogP contribution in [-0.4, -0.2) is 33.9 Å². The summed E-state index contributed by atoms with van der Waals surface area (Å²) in [7, 11) is 0. The fraction of sp³-hybridized carbons (Fsp3) is 0.308. The summed E-state index contributed by atoms with van der Waals surface area (Å²) in [5, 5.41) is 11.1. The second kappa shape index (κ2) is 7.32. The van der Waals surface area contributed by atoms with Gasteiger partial charge in [0.2, 0.25) is 5.91 Å². The topological polar surface area (TPSA) is 90.3 Å². The number of carbonyl (C=O) groups is 2. The smallest absolute Gasteiger partial charge is 0.248 e. The van der Waals surface area contributed by atoms with E-state index >= 15 is 0 Å². The molecule has 0 aromatic carbocycles. The van der Waals surface area contributed by atoms with Gasteiger partial charge in [-0.1, -0.05) is 6.07 Å². The van der Waals surface area contributed by atoms with Gasteiger partial charge in [-0.3, -0.25) is 9.69 Å². The molecule has 2 aliphatic rings. The molecule has 1 fully saturated rings. The number of hydrogen-bond donors (Lipinski definition) is 1. The van der Waals surface area contributed by atoms with Gasteiger partial charge in [0.1, 0.15) is 11.4 Å². The lowest BCUT2D eigenvalue weighted by atomic mass is 10.0. The highest BCUT2D eigenvalue weighted by molar-refractivity contribution is 8.00. The van der Waals surface area contributed by atoms with E-state index in [2.05, 4.69) is 0 Å². The van der Waals surface area contributed by atoms with Crippen LogP contribution in [0.3, 0.4) is 0 Å². The molecule has 0 bridgehead atoms. The minimum Gasteiger partial charge on any atom is -0.543 e. The first-order valence-electron chi connectivity index (χ1n) is 6.17. The van der Waals surface area contributed by atoms with Gasteiger partial charge in [0, 0.05) is 23.5 Å². The molecule has 0 aliphatic carbocycles. The van der Waals surface area contributed by atoms with Gasteiger partial charge in [0.15, 0.2) is 18.9 Å². The Morgan fingerprint density at radius 2 is 2.00 bits per heavy atom. The van der Waals surface area contributed by atoms with Crippen LogP contribution in [0.4, 0.5) is 0 Å². The zero-order chi connectivity index (χ0) is 14.3. The third kappa shape index (κ3) is 3.08. The monoisotopic (exact) mass is 363 g/mol.